The monoisotopic (exact) mass is 283 g/mol. The first kappa shape index (κ1) is 12.3. The maximum Gasteiger partial charge on any atom is 0.147 e. The number of Topliss-reactive ketones (excluding diaryl/α,β-unsaturated/α-hetero) is 1. The molecule has 15 heavy (non-hydrogen) atoms. The number of nitriles is 1. The number of hydrogen-bond acceptors (Lipinski definition) is 3. The molecule has 0 radical (unpaired) electrons. The average Bonchev–Trinajstić information content (AvgIpc) is 2.27. The van der Waals surface area contributed by atoms with Crippen LogP contribution < -0.4 is 0 Å². The average molecular weight is 284 g/mol. The summed E-state index contributed by atoms with van der Waals surface area (Å²) in [7, 11) is 0. The second kappa shape index (κ2) is 5.34. The van der Waals surface area contributed by atoms with Crippen molar-refractivity contribution >= 4 is 33.5 Å². The van der Waals surface area contributed by atoms with E-state index in [2.05, 4.69) is 22.0 Å². The quantitative estimate of drug-likeness (QED) is 0.631. The molecule has 4 heteroatoms. The van der Waals surface area contributed by atoms with E-state index >= 15 is 0 Å². The Kier molecular flexibility index (Phi) is 4.37. The van der Waals surface area contributed by atoms with Gasteiger partial charge in [-0.3, -0.25) is 4.79 Å². The number of nitrogens with zero attached hydrogens (tertiary/aromatic N) is 1. The third-order valence-electron chi connectivity index (χ3n) is 2.01. The molecule has 0 spiro atoms. The van der Waals surface area contributed by atoms with Crippen molar-refractivity contribution in [1.82, 2.24) is 0 Å². The van der Waals surface area contributed by atoms with Crippen LogP contribution in [0.4, 0.5) is 0 Å². The topological polar surface area (TPSA) is 40.9 Å². The van der Waals surface area contributed by atoms with Crippen LogP contribution >= 0.6 is 27.7 Å². The fourth-order valence-electron chi connectivity index (χ4n) is 1.20. The summed E-state index contributed by atoms with van der Waals surface area (Å²) in [6, 6.07) is 7.60. The molecule has 0 bridgehead atoms. The summed E-state index contributed by atoms with van der Waals surface area (Å²) in [5, 5.41) is 8.92. The Balaban J connectivity index is 3.24. The molecule has 1 unspecified atom stereocenters. The second-order valence-electron chi connectivity index (χ2n) is 3.04. The fourth-order valence-corrected chi connectivity index (χ4v) is 2.03. The summed E-state index contributed by atoms with van der Waals surface area (Å²) >= 11 is 4.89. The number of benzene rings is 1. The van der Waals surface area contributed by atoms with Gasteiger partial charge in [0.2, 0.25) is 0 Å². The normalized spacial score (nSPS) is 11.9. The van der Waals surface area contributed by atoms with E-state index in [9.17, 15) is 4.79 Å². The number of thioether (sulfide) groups is 1. The van der Waals surface area contributed by atoms with Gasteiger partial charge in [0.25, 0.3) is 0 Å². The van der Waals surface area contributed by atoms with Gasteiger partial charge in [-0.05, 0) is 36.9 Å². The molecule has 0 fully saturated rings. The first-order chi connectivity index (χ1) is 7.10. The molecule has 0 heterocycles. The van der Waals surface area contributed by atoms with Crippen molar-refractivity contribution in [3.8, 4) is 6.07 Å². The van der Waals surface area contributed by atoms with Crippen LogP contribution in [0.2, 0.25) is 0 Å². The van der Waals surface area contributed by atoms with E-state index < -0.39 is 0 Å². The zero-order valence-electron chi connectivity index (χ0n) is 8.45. The van der Waals surface area contributed by atoms with Gasteiger partial charge in [0.05, 0.1) is 16.5 Å². The molecular weight excluding hydrogens is 274 g/mol. The Morgan fingerprint density at radius 2 is 2.27 bits per heavy atom. The highest BCUT2D eigenvalue weighted by atomic mass is 79.9. The molecule has 0 saturated heterocycles. The highest BCUT2D eigenvalue weighted by Gasteiger charge is 2.16. The number of carbonyl (C=O) groups excluding carboxylic acids is 1. The Morgan fingerprint density at radius 1 is 1.60 bits per heavy atom. The molecule has 0 N–H and O–H groups in total. The van der Waals surface area contributed by atoms with Gasteiger partial charge in [-0.1, -0.05) is 15.9 Å². The lowest BCUT2D eigenvalue weighted by molar-refractivity contribution is -0.116. The molecule has 0 aromatic heterocycles. The number of ketones is 1. The van der Waals surface area contributed by atoms with Crippen LogP contribution in [0.1, 0.15) is 22.9 Å². The molecule has 0 aliphatic rings. The largest absolute Gasteiger partial charge is 0.298 e. The standard InChI is InChI=1S/C11H10BrNOS/c1-7(14)11(12)10-5-9(15-2)4-3-8(10)6-13/h3-5,11H,1-2H3. The van der Waals surface area contributed by atoms with Crippen molar-refractivity contribution in [3.63, 3.8) is 0 Å². The van der Waals surface area contributed by atoms with Crippen molar-refractivity contribution in [1.29, 1.82) is 5.26 Å². The number of carbonyl (C=O) groups is 1. The smallest absolute Gasteiger partial charge is 0.147 e. The van der Waals surface area contributed by atoms with Gasteiger partial charge < -0.3 is 0 Å². The number of hydrogen-bond donors (Lipinski definition) is 0. The Hall–Kier alpha value is -0.790. The van der Waals surface area contributed by atoms with Crippen molar-refractivity contribution < 1.29 is 4.79 Å². The summed E-state index contributed by atoms with van der Waals surface area (Å²) in [5.41, 5.74) is 1.29. The molecular formula is C11H10BrNOS. The van der Waals surface area contributed by atoms with Crippen LogP contribution in [-0.2, 0) is 4.79 Å². The third-order valence-corrected chi connectivity index (χ3v) is 3.87. The maximum atomic E-state index is 11.2. The van der Waals surface area contributed by atoms with Gasteiger partial charge in [-0.2, -0.15) is 5.26 Å². The van der Waals surface area contributed by atoms with Crippen LogP contribution in [0.15, 0.2) is 23.1 Å². The first-order valence-electron chi connectivity index (χ1n) is 4.32. The van der Waals surface area contributed by atoms with Gasteiger partial charge in [0.1, 0.15) is 5.78 Å². The number of halogens is 1. The van der Waals surface area contributed by atoms with Gasteiger partial charge in [0, 0.05) is 4.90 Å². The van der Waals surface area contributed by atoms with E-state index in [1.807, 2.05) is 18.4 Å². The van der Waals surface area contributed by atoms with Gasteiger partial charge in [-0.25, -0.2) is 0 Å². The molecule has 1 aromatic carbocycles. The summed E-state index contributed by atoms with van der Waals surface area (Å²) in [6.07, 6.45) is 1.96. The van der Waals surface area contributed by atoms with Crippen molar-refractivity contribution in [2.24, 2.45) is 0 Å². The van der Waals surface area contributed by atoms with E-state index in [0.29, 0.717) is 5.56 Å². The molecule has 1 aromatic rings. The molecule has 0 aliphatic carbocycles. The van der Waals surface area contributed by atoms with Gasteiger partial charge >= 0.3 is 0 Å². The highest BCUT2D eigenvalue weighted by molar-refractivity contribution is 9.09. The maximum absolute atomic E-state index is 11.2. The zero-order chi connectivity index (χ0) is 11.4. The van der Waals surface area contributed by atoms with Crippen LogP contribution in [0.3, 0.4) is 0 Å². The number of alkyl halides is 1. The summed E-state index contributed by atoms with van der Waals surface area (Å²) in [5.74, 6) is 0.00440. The molecule has 2 nitrogen and oxygen atoms in total. The van der Waals surface area contributed by atoms with Gasteiger partial charge in [0.15, 0.2) is 0 Å². The van der Waals surface area contributed by atoms with E-state index in [-0.39, 0.29) is 10.6 Å². The Morgan fingerprint density at radius 3 is 2.73 bits per heavy atom. The SMILES string of the molecule is CSc1ccc(C#N)c(C(Br)C(C)=O)c1. The van der Waals surface area contributed by atoms with E-state index in [4.69, 9.17) is 5.26 Å². The van der Waals surface area contributed by atoms with E-state index in [1.54, 1.807) is 17.8 Å². The van der Waals surface area contributed by atoms with E-state index in [0.717, 1.165) is 10.5 Å². The lowest BCUT2D eigenvalue weighted by Gasteiger charge is -2.09. The van der Waals surface area contributed by atoms with E-state index in [1.165, 1.54) is 6.92 Å². The highest BCUT2D eigenvalue weighted by Crippen LogP contribution is 2.29. The minimum Gasteiger partial charge on any atom is -0.298 e. The Bertz CT molecular complexity index is 425. The minimum absolute atomic E-state index is 0.00440. The molecule has 1 rings (SSSR count). The fraction of sp³-hybridized carbons (Fsp3) is 0.273. The molecule has 0 saturated carbocycles. The van der Waals surface area contributed by atoms with Crippen molar-refractivity contribution in [3.05, 3.63) is 29.3 Å². The predicted molar refractivity (Wildman–Crippen MR) is 65.3 cm³/mol. The van der Waals surface area contributed by atoms with Crippen molar-refractivity contribution in [2.75, 3.05) is 6.26 Å². The zero-order valence-corrected chi connectivity index (χ0v) is 10.9. The first-order valence-corrected chi connectivity index (χ1v) is 6.46. The third kappa shape index (κ3) is 2.83. The Labute approximate surface area is 102 Å². The van der Waals surface area contributed by atoms with Crippen molar-refractivity contribution in [2.45, 2.75) is 16.6 Å². The number of rotatable bonds is 3. The lowest BCUT2D eigenvalue weighted by Crippen LogP contribution is -2.03. The van der Waals surface area contributed by atoms with Gasteiger partial charge in [-0.15, -0.1) is 11.8 Å². The molecule has 0 aliphatic heterocycles. The summed E-state index contributed by atoms with van der Waals surface area (Å²) in [6.45, 7) is 1.51. The van der Waals surface area contributed by atoms with Crippen LogP contribution in [0.25, 0.3) is 0 Å². The van der Waals surface area contributed by atoms with Crippen LogP contribution in [0, 0.1) is 11.3 Å². The minimum atomic E-state index is -0.390. The summed E-state index contributed by atoms with van der Waals surface area (Å²) in [4.78, 5) is 11.9. The molecule has 78 valence electrons. The van der Waals surface area contributed by atoms with Crippen LogP contribution in [-0.4, -0.2) is 12.0 Å². The second-order valence-corrected chi connectivity index (χ2v) is 4.83. The van der Waals surface area contributed by atoms with Crippen LogP contribution in [0.5, 0.6) is 0 Å². The molecule has 1 atom stereocenters. The molecule has 0 amide bonds. The predicted octanol–water partition coefficient (Wildman–Crippen LogP) is 3.31. The summed E-state index contributed by atoms with van der Waals surface area (Å²) < 4.78 is 0. The lowest BCUT2D eigenvalue weighted by atomic mass is 10.0.